The third kappa shape index (κ3) is 4.15. The number of anilines is 1. The number of allylic oxidation sites excluding steroid dienone is 4. The SMILES string of the molecule is CC1=C2OC(C)(CN3CCC(N4CCc5cc(-c6ncc[nH]6)ccc54)CC3)CC2C(C)C([N+](=O)[O-])=C1C. The number of benzene rings is 1. The van der Waals surface area contributed by atoms with Crippen molar-refractivity contribution >= 4 is 5.69 Å². The van der Waals surface area contributed by atoms with E-state index in [1.807, 2.05) is 27.0 Å². The van der Waals surface area contributed by atoms with Gasteiger partial charge < -0.3 is 14.6 Å². The van der Waals surface area contributed by atoms with Gasteiger partial charge in [-0.2, -0.15) is 0 Å². The second kappa shape index (κ2) is 9.01. The Morgan fingerprint density at radius 3 is 2.70 bits per heavy atom. The minimum atomic E-state index is -0.308. The number of fused-ring (bicyclic) bond motifs is 2. The number of hydrogen-bond acceptors (Lipinski definition) is 6. The van der Waals surface area contributed by atoms with E-state index in [0.29, 0.717) is 11.7 Å². The predicted octanol–water partition coefficient (Wildman–Crippen LogP) is 5.17. The molecule has 3 unspecified atom stereocenters. The first-order valence-corrected chi connectivity index (χ1v) is 13.6. The van der Waals surface area contributed by atoms with Gasteiger partial charge >= 0.3 is 0 Å². The number of nitrogens with zero attached hydrogens (tertiary/aromatic N) is 4. The summed E-state index contributed by atoms with van der Waals surface area (Å²) in [6.45, 7) is 12.1. The molecule has 37 heavy (non-hydrogen) atoms. The number of nitrogens with one attached hydrogen (secondary N) is 1. The molecule has 2 fully saturated rings. The van der Waals surface area contributed by atoms with Crippen molar-refractivity contribution in [3.8, 4) is 11.4 Å². The topological polar surface area (TPSA) is 87.5 Å². The zero-order valence-electron chi connectivity index (χ0n) is 22.3. The van der Waals surface area contributed by atoms with Gasteiger partial charge in [0.15, 0.2) is 0 Å². The average Bonchev–Trinajstić information content (AvgIpc) is 3.62. The molecule has 3 aliphatic heterocycles. The van der Waals surface area contributed by atoms with Crippen molar-refractivity contribution in [3.63, 3.8) is 0 Å². The van der Waals surface area contributed by atoms with E-state index in [-0.39, 0.29) is 22.4 Å². The molecule has 2 saturated heterocycles. The molecule has 0 saturated carbocycles. The van der Waals surface area contributed by atoms with Crippen LogP contribution in [0.1, 0.15) is 52.5 Å². The zero-order chi connectivity index (χ0) is 25.9. The summed E-state index contributed by atoms with van der Waals surface area (Å²) in [5, 5.41) is 11.7. The molecule has 0 bridgehead atoms. The number of imidazole rings is 1. The molecule has 2 aromatic rings. The van der Waals surface area contributed by atoms with E-state index in [9.17, 15) is 10.1 Å². The van der Waals surface area contributed by atoms with Gasteiger partial charge in [-0.15, -0.1) is 0 Å². The number of aromatic amines is 1. The second-order valence-corrected chi connectivity index (χ2v) is 11.6. The summed E-state index contributed by atoms with van der Waals surface area (Å²) in [6, 6.07) is 7.31. The minimum absolute atomic E-state index is 0.0961. The molecule has 1 aliphatic carbocycles. The van der Waals surface area contributed by atoms with Gasteiger partial charge in [-0.05, 0) is 75.8 Å². The van der Waals surface area contributed by atoms with Crippen LogP contribution in [-0.4, -0.2) is 57.6 Å². The van der Waals surface area contributed by atoms with Crippen LogP contribution in [0.3, 0.4) is 0 Å². The molecule has 1 aromatic heterocycles. The fourth-order valence-corrected chi connectivity index (χ4v) is 7.25. The normalized spacial score (nSPS) is 28.5. The monoisotopic (exact) mass is 503 g/mol. The van der Waals surface area contributed by atoms with Gasteiger partial charge in [0.1, 0.15) is 17.2 Å². The molecule has 0 radical (unpaired) electrons. The van der Waals surface area contributed by atoms with Gasteiger partial charge in [-0.3, -0.25) is 15.0 Å². The average molecular weight is 504 g/mol. The summed E-state index contributed by atoms with van der Waals surface area (Å²) in [5.41, 5.74) is 5.74. The summed E-state index contributed by atoms with van der Waals surface area (Å²) >= 11 is 0. The second-order valence-electron chi connectivity index (χ2n) is 11.6. The molecule has 8 nitrogen and oxygen atoms in total. The Morgan fingerprint density at radius 2 is 2.00 bits per heavy atom. The van der Waals surface area contributed by atoms with Crippen LogP contribution in [0.5, 0.6) is 0 Å². The van der Waals surface area contributed by atoms with Gasteiger partial charge in [0.05, 0.1) is 10.8 Å². The van der Waals surface area contributed by atoms with E-state index < -0.39 is 0 Å². The lowest BCUT2D eigenvalue weighted by Crippen LogP contribution is -2.49. The van der Waals surface area contributed by atoms with E-state index in [2.05, 4.69) is 44.9 Å². The molecule has 4 heterocycles. The molecule has 6 rings (SSSR count). The smallest absolute Gasteiger partial charge is 0.253 e. The molecular weight excluding hydrogens is 466 g/mol. The summed E-state index contributed by atoms with van der Waals surface area (Å²) in [5.74, 6) is 1.89. The molecule has 0 amide bonds. The predicted molar refractivity (Wildman–Crippen MR) is 144 cm³/mol. The summed E-state index contributed by atoms with van der Waals surface area (Å²) in [4.78, 5) is 24.3. The van der Waals surface area contributed by atoms with E-state index in [4.69, 9.17) is 4.74 Å². The number of H-pyrrole nitrogens is 1. The highest BCUT2D eigenvalue weighted by Crippen LogP contribution is 2.50. The molecule has 8 heteroatoms. The van der Waals surface area contributed by atoms with Crippen molar-refractivity contribution in [1.82, 2.24) is 14.9 Å². The lowest BCUT2D eigenvalue weighted by Gasteiger charge is -2.40. The number of piperidine rings is 1. The molecule has 1 aromatic carbocycles. The Kier molecular flexibility index (Phi) is 5.90. The number of hydrogen-bond donors (Lipinski definition) is 1. The van der Waals surface area contributed by atoms with Crippen LogP contribution in [0.15, 0.2) is 53.2 Å². The van der Waals surface area contributed by atoms with Gasteiger partial charge in [0.25, 0.3) is 5.70 Å². The molecule has 4 aliphatic rings. The van der Waals surface area contributed by atoms with E-state index >= 15 is 0 Å². The Bertz CT molecular complexity index is 1270. The molecule has 1 N–H and O–H groups in total. The Balaban J connectivity index is 1.09. The van der Waals surface area contributed by atoms with Gasteiger partial charge in [-0.1, -0.05) is 6.92 Å². The van der Waals surface area contributed by atoms with Crippen LogP contribution in [0, 0.1) is 22.0 Å². The maximum atomic E-state index is 11.7. The minimum Gasteiger partial charge on any atom is -0.490 e. The quantitative estimate of drug-likeness (QED) is 0.447. The first-order valence-electron chi connectivity index (χ1n) is 13.6. The molecule has 3 atom stereocenters. The third-order valence-corrected chi connectivity index (χ3v) is 9.23. The Hall–Kier alpha value is -3.13. The van der Waals surface area contributed by atoms with E-state index in [1.54, 1.807) is 6.20 Å². The van der Waals surface area contributed by atoms with Crippen LogP contribution < -0.4 is 4.90 Å². The van der Waals surface area contributed by atoms with Gasteiger partial charge in [0, 0.05) is 67.4 Å². The fraction of sp³-hybridized carbons (Fsp3) is 0.552. The van der Waals surface area contributed by atoms with E-state index in [1.165, 1.54) is 11.3 Å². The third-order valence-electron chi connectivity index (χ3n) is 9.23. The van der Waals surface area contributed by atoms with Crippen LogP contribution in [0.4, 0.5) is 5.69 Å². The highest BCUT2D eigenvalue weighted by atomic mass is 16.6. The number of likely N-dealkylation sites (tertiary alicyclic amines) is 1. The highest BCUT2D eigenvalue weighted by molar-refractivity contribution is 5.67. The van der Waals surface area contributed by atoms with Crippen LogP contribution >= 0.6 is 0 Å². The van der Waals surface area contributed by atoms with Crippen molar-refractivity contribution in [3.05, 3.63) is 68.9 Å². The largest absolute Gasteiger partial charge is 0.490 e. The van der Waals surface area contributed by atoms with Crippen molar-refractivity contribution in [2.24, 2.45) is 11.8 Å². The first-order chi connectivity index (χ1) is 17.7. The lowest BCUT2D eigenvalue weighted by atomic mass is 9.77. The van der Waals surface area contributed by atoms with Crippen molar-refractivity contribution in [2.45, 2.75) is 65.0 Å². The lowest BCUT2D eigenvalue weighted by molar-refractivity contribution is -0.436. The molecule has 196 valence electrons. The summed E-state index contributed by atoms with van der Waals surface area (Å²) < 4.78 is 6.61. The highest BCUT2D eigenvalue weighted by Gasteiger charge is 2.50. The maximum absolute atomic E-state index is 11.7. The fourth-order valence-electron chi connectivity index (χ4n) is 7.25. The molecule has 0 spiro atoms. The van der Waals surface area contributed by atoms with Crippen LogP contribution in [0.2, 0.25) is 0 Å². The van der Waals surface area contributed by atoms with Crippen molar-refractivity contribution < 1.29 is 9.66 Å². The first kappa shape index (κ1) is 24.2. The standard InChI is InChI=1S/C29H37N5O3/c1-18-19(2)27-24(20(3)26(18)34(35)36)16-29(4,37-27)17-32-12-8-23(9-13-32)33-14-7-21-15-22(5-6-25(21)33)28-30-10-11-31-28/h5-6,10-11,15,20,23-24H,7-9,12-14,16-17H2,1-4H3,(H,30,31). The number of nitro groups is 1. The van der Waals surface area contributed by atoms with Crippen LogP contribution in [0.25, 0.3) is 11.4 Å². The Morgan fingerprint density at radius 1 is 1.22 bits per heavy atom. The number of rotatable bonds is 5. The van der Waals surface area contributed by atoms with Gasteiger partial charge in [0.2, 0.25) is 0 Å². The van der Waals surface area contributed by atoms with Crippen molar-refractivity contribution in [1.29, 1.82) is 0 Å². The van der Waals surface area contributed by atoms with Crippen LogP contribution in [-0.2, 0) is 11.2 Å². The Labute approximate surface area is 218 Å². The summed E-state index contributed by atoms with van der Waals surface area (Å²) in [7, 11) is 0. The number of ether oxygens (including phenoxy) is 1. The van der Waals surface area contributed by atoms with Gasteiger partial charge in [-0.25, -0.2) is 4.98 Å². The molecular formula is C29H37N5O3. The number of aromatic nitrogens is 2. The zero-order valence-corrected chi connectivity index (χ0v) is 22.3. The van der Waals surface area contributed by atoms with E-state index in [0.717, 1.165) is 80.2 Å². The van der Waals surface area contributed by atoms with Crippen molar-refractivity contribution in [2.75, 3.05) is 31.1 Å². The summed E-state index contributed by atoms with van der Waals surface area (Å²) in [6.07, 6.45) is 7.88. The maximum Gasteiger partial charge on any atom is 0.253 e.